The highest BCUT2D eigenvalue weighted by Crippen LogP contribution is 2.23. The maximum atomic E-state index is 13.2. The summed E-state index contributed by atoms with van der Waals surface area (Å²) in [5.74, 6) is -0.689. The fourth-order valence-electron chi connectivity index (χ4n) is 3.17. The zero-order chi connectivity index (χ0) is 20.7. The number of carbonyl (C=O) groups is 1. The number of thiazole rings is 1. The van der Waals surface area contributed by atoms with Gasteiger partial charge in [0.1, 0.15) is 11.5 Å². The number of benzene rings is 2. The summed E-state index contributed by atoms with van der Waals surface area (Å²) >= 11 is 6.86. The predicted molar refractivity (Wildman–Crippen MR) is 117 cm³/mol. The molecule has 0 unspecified atom stereocenters. The lowest BCUT2D eigenvalue weighted by Crippen LogP contribution is -2.16. The van der Waals surface area contributed by atoms with Crippen LogP contribution in [0.5, 0.6) is 0 Å². The minimum atomic E-state index is -0.357. The molecule has 0 aliphatic rings. The first-order valence-electron chi connectivity index (χ1n) is 8.99. The second kappa shape index (κ2) is 7.36. The summed E-state index contributed by atoms with van der Waals surface area (Å²) in [5, 5.41) is 4.85. The Kier molecular flexibility index (Phi) is 4.53. The van der Waals surface area contributed by atoms with E-state index in [4.69, 9.17) is 12.2 Å². The summed E-state index contributed by atoms with van der Waals surface area (Å²) in [6, 6.07) is 13.3. The third-order valence-electron chi connectivity index (χ3n) is 4.63. The minimum absolute atomic E-state index is 0.324. The maximum Gasteiger partial charge on any atom is 0.274 e. The average Bonchev–Trinajstić information content (AvgIpc) is 3.44. The molecule has 9 heteroatoms. The van der Waals surface area contributed by atoms with Crippen LogP contribution in [0.4, 0.5) is 10.1 Å². The molecule has 5 aromatic rings. The molecular formula is C21H14FN5OS2. The fraction of sp³-hybridized carbons (Fsp3) is 0. The molecule has 3 heterocycles. The molecule has 148 valence electrons. The second-order valence-electron chi connectivity index (χ2n) is 6.54. The Labute approximate surface area is 179 Å². The lowest BCUT2D eigenvalue weighted by Gasteiger charge is -2.09. The van der Waals surface area contributed by atoms with Gasteiger partial charge in [-0.15, -0.1) is 11.3 Å². The van der Waals surface area contributed by atoms with Gasteiger partial charge in [0, 0.05) is 40.9 Å². The number of imidazole rings is 2. The van der Waals surface area contributed by atoms with E-state index in [1.807, 2.05) is 46.4 Å². The van der Waals surface area contributed by atoms with Gasteiger partial charge >= 0.3 is 0 Å². The Morgan fingerprint density at radius 3 is 2.63 bits per heavy atom. The van der Waals surface area contributed by atoms with Crippen molar-refractivity contribution in [3.8, 4) is 16.9 Å². The molecule has 6 nitrogen and oxygen atoms in total. The molecule has 0 saturated heterocycles. The Morgan fingerprint density at radius 1 is 1.13 bits per heavy atom. The van der Waals surface area contributed by atoms with Crippen molar-refractivity contribution in [3.63, 3.8) is 0 Å². The van der Waals surface area contributed by atoms with E-state index in [-0.39, 0.29) is 11.7 Å². The standard InChI is InChI=1S/C21H14FN5OS2/c22-14-3-7-16(8-4-14)27-18(11-23-20(27)29)19(28)24-15-5-1-13(2-6-15)17-12-26-9-10-30-21(26)25-17/h1-12H,(H,23,29)(H,24,28). The molecule has 0 aliphatic carbocycles. The maximum absolute atomic E-state index is 13.2. The van der Waals surface area contributed by atoms with Crippen LogP contribution in [0.2, 0.25) is 0 Å². The van der Waals surface area contributed by atoms with Gasteiger partial charge in [0.2, 0.25) is 0 Å². The van der Waals surface area contributed by atoms with Crippen molar-refractivity contribution in [1.29, 1.82) is 0 Å². The predicted octanol–water partition coefficient (Wildman–Crippen LogP) is 5.30. The van der Waals surface area contributed by atoms with Gasteiger partial charge in [-0.3, -0.25) is 13.8 Å². The summed E-state index contributed by atoms with van der Waals surface area (Å²) in [6.45, 7) is 0. The van der Waals surface area contributed by atoms with Gasteiger partial charge < -0.3 is 10.3 Å². The largest absolute Gasteiger partial charge is 0.336 e. The monoisotopic (exact) mass is 435 g/mol. The van der Waals surface area contributed by atoms with Crippen molar-refractivity contribution >= 4 is 40.1 Å². The number of rotatable bonds is 4. The molecule has 30 heavy (non-hydrogen) atoms. The first-order valence-corrected chi connectivity index (χ1v) is 10.3. The average molecular weight is 436 g/mol. The molecule has 0 atom stereocenters. The number of hydrogen-bond acceptors (Lipinski definition) is 4. The Balaban J connectivity index is 1.39. The molecule has 5 rings (SSSR count). The number of fused-ring (bicyclic) bond motifs is 1. The molecule has 0 aliphatic heterocycles. The number of nitrogens with one attached hydrogen (secondary N) is 2. The van der Waals surface area contributed by atoms with Crippen molar-refractivity contribution < 1.29 is 9.18 Å². The zero-order valence-corrected chi connectivity index (χ0v) is 17.0. The van der Waals surface area contributed by atoms with Gasteiger partial charge in [-0.25, -0.2) is 9.37 Å². The van der Waals surface area contributed by atoms with E-state index in [0.717, 1.165) is 16.2 Å². The zero-order valence-electron chi connectivity index (χ0n) is 15.4. The van der Waals surface area contributed by atoms with Crippen LogP contribution in [0.3, 0.4) is 0 Å². The Hall–Kier alpha value is -3.56. The van der Waals surface area contributed by atoms with E-state index in [1.165, 1.54) is 18.3 Å². The van der Waals surface area contributed by atoms with Crippen molar-refractivity contribution in [3.05, 3.63) is 88.8 Å². The molecule has 0 bridgehead atoms. The highest BCUT2D eigenvalue weighted by Gasteiger charge is 2.15. The van der Waals surface area contributed by atoms with Crippen LogP contribution in [0.15, 0.2) is 72.5 Å². The number of aromatic nitrogens is 4. The van der Waals surface area contributed by atoms with Crippen LogP contribution in [-0.2, 0) is 0 Å². The summed E-state index contributed by atoms with van der Waals surface area (Å²) in [7, 11) is 0. The number of hydrogen-bond donors (Lipinski definition) is 2. The van der Waals surface area contributed by atoms with Crippen LogP contribution in [0.1, 0.15) is 10.5 Å². The van der Waals surface area contributed by atoms with Gasteiger partial charge in [0.15, 0.2) is 9.73 Å². The quantitative estimate of drug-likeness (QED) is 0.376. The van der Waals surface area contributed by atoms with E-state index < -0.39 is 0 Å². The number of amides is 1. The first kappa shape index (κ1) is 18.5. The molecule has 0 saturated carbocycles. The molecule has 3 aromatic heterocycles. The number of anilines is 1. The van der Waals surface area contributed by atoms with E-state index in [0.29, 0.717) is 21.8 Å². The molecular weight excluding hydrogens is 421 g/mol. The van der Waals surface area contributed by atoms with Crippen LogP contribution in [-0.4, -0.2) is 24.8 Å². The van der Waals surface area contributed by atoms with Crippen LogP contribution in [0.25, 0.3) is 21.9 Å². The lowest BCUT2D eigenvalue weighted by atomic mass is 10.1. The molecule has 0 radical (unpaired) electrons. The van der Waals surface area contributed by atoms with E-state index in [2.05, 4.69) is 15.3 Å². The number of nitrogens with zero attached hydrogens (tertiary/aromatic N) is 3. The second-order valence-corrected chi connectivity index (χ2v) is 7.80. The van der Waals surface area contributed by atoms with Crippen molar-refractivity contribution in [2.24, 2.45) is 0 Å². The third kappa shape index (κ3) is 3.34. The lowest BCUT2D eigenvalue weighted by molar-refractivity contribution is 0.102. The molecule has 1 amide bonds. The topological polar surface area (TPSA) is 67.1 Å². The third-order valence-corrected chi connectivity index (χ3v) is 5.70. The molecule has 2 N–H and O–H groups in total. The first-order chi connectivity index (χ1) is 14.6. The normalized spacial score (nSPS) is 11.1. The summed E-state index contributed by atoms with van der Waals surface area (Å²) < 4.78 is 17.1. The van der Waals surface area contributed by atoms with Gasteiger partial charge in [-0.2, -0.15) is 0 Å². The molecule has 0 fully saturated rings. The number of aromatic amines is 1. The minimum Gasteiger partial charge on any atom is -0.336 e. The summed E-state index contributed by atoms with van der Waals surface area (Å²) in [4.78, 5) is 21.2. The summed E-state index contributed by atoms with van der Waals surface area (Å²) in [5.41, 5.74) is 3.39. The van der Waals surface area contributed by atoms with Crippen molar-refractivity contribution in [1.82, 2.24) is 18.9 Å². The fourth-order valence-corrected chi connectivity index (χ4v) is 4.13. The number of halogens is 1. The number of carbonyl (C=O) groups excluding carboxylic acids is 1. The van der Waals surface area contributed by atoms with Gasteiger partial charge in [0.05, 0.1) is 5.69 Å². The van der Waals surface area contributed by atoms with E-state index in [1.54, 1.807) is 28.0 Å². The Bertz CT molecular complexity index is 1380. The van der Waals surface area contributed by atoms with Crippen LogP contribution in [0, 0.1) is 10.6 Å². The molecule has 0 spiro atoms. The summed E-state index contributed by atoms with van der Waals surface area (Å²) in [6.07, 6.45) is 5.47. The van der Waals surface area contributed by atoms with Gasteiger partial charge in [0.25, 0.3) is 5.91 Å². The van der Waals surface area contributed by atoms with Crippen molar-refractivity contribution in [2.75, 3.05) is 5.32 Å². The van der Waals surface area contributed by atoms with Crippen LogP contribution >= 0.6 is 23.6 Å². The molecule has 2 aromatic carbocycles. The highest BCUT2D eigenvalue weighted by molar-refractivity contribution is 7.71. The van der Waals surface area contributed by atoms with Gasteiger partial charge in [-0.1, -0.05) is 12.1 Å². The smallest absolute Gasteiger partial charge is 0.274 e. The van der Waals surface area contributed by atoms with E-state index >= 15 is 0 Å². The van der Waals surface area contributed by atoms with Crippen LogP contribution < -0.4 is 5.32 Å². The van der Waals surface area contributed by atoms with Crippen molar-refractivity contribution in [2.45, 2.75) is 0 Å². The van der Waals surface area contributed by atoms with E-state index in [9.17, 15) is 9.18 Å². The van der Waals surface area contributed by atoms with Gasteiger partial charge in [-0.05, 0) is 48.6 Å². The SMILES string of the molecule is O=C(Nc1ccc(-c2cn3ccsc3n2)cc1)c1c[nH]c(=S)n1-c1ccc(F)cc1. The Morgan fingerprint density at radius 2 is 1.90 bits per heavy atom. The number of H-pyrrole nitrogens is 1. The highest BCUT2D eigenvalue weighted by atomic mass is 32.1.